The molecule has 1 heterocycles. The number of hydrogen-bond acceptors (Lipinski definition) is 9. The summed E-state index contributed by atoms with van der Waals surface area (Å²) in [6.07, 6.45) is 5.96. The van der Waals surface area contributed by atoms with Gasteiger partial charge in [-0.15, -0.1) is 23.5 Å². The molecule has 0 saturated heterocycles. The molecule has 10 heteroatoms. The van der Waals surface area contributed by atoms with E-state index >= 15 is 0 Å². The highest BCUT2D eigenvalue weighted by Crippen LogP contribution is 2.33. The van der Waals surface area contributed by atoms with E-state index in [4.69, 9.17) is 18.3 Å². The lowest BCUT2D eigenvalue weighted by atomic mass is 9.99. The second-order valence-electron chi connectivity index (χ2n) is 7.00. The summed E-state index contributed by atoms with van der Waals surface area (Å²) < 4.78 is 23.0. The van der Waals surface area contributed by atoms with E-state index in [1.54, 1.807) is 26.0 Å². The Kier molecular flexibility index (Phi) is 11.5. The molecule has 0 aliphatic carbocycles. The summed E-state index contributed by atoms with van der Waals surface area (Å²) >= 11 is 2.80. The molecule has 168 valence electrons. The SMILES string of the molecule is CCOC(=O)/C(=C/[C@H](C(=O)OCC)[C@H](O[Si](C)(C)C)c1ccco1)N=C(SC)SC. The van der Waals surface area contributed by atoms with Crippen LogP contribution in [-0.2, 0) is 23.5 Å². The predicted molar refractivity (Wildman–Crippen MR) is 125 cm³/mol. The highest BCUT2D eigenvalue weighted by Gasteiger charge is 2.36. The normalized spacial score (nSPS) is 14.0. The van der Waals surface area contributed by atoms with Crippen LogP contribution in [0.4, 0.5) is 0 Å². The number of furan rings is 1. The topological polar surface area (TPSA) is 87.3 Å². The summed E-state index contributed by atoms with van der Waals surface area (Å²) in [6.45, 7) is 9.86. The lowest BCUT2D eigenvalue weighted by molar-refractivity contribution is -0.149. The van der Waals surface area contributed by atoms with Crippen LogP contribution in [0.25, 0.3) is 0 Å². The first kappa shape index (κ1) is 26.5. The Morgan fingerprint density at radius 2 is 1.80 bits per heavy atom. The molecule has 0 fully saturated rings. The maximum Gasteiger partial charge on any atom is 0.356 e. The van der Waals surface area contributed by atoms with Crippen molar-refractivity contribution in [1.82, 2.24) is 0 Å². The maximum atomic E-state index is 12.9. The quantitative estimate of drug-likeness (QED) is 0.156. The minimum absolute atomic E-state index is 0.0318. The van der Waals surface area contributed by atoms with E-state index in [1.807, 2.05) is 32.2 Å². The lowest BCUT2D eigenvalue weighted by Gasteiger charge is -2.29. The molecule has 0 aromatic carbocycles. The van der Waals surface area contributed by atoms with Gasteiger partial charge in [0.25, 0.3) is 0 Å². The molecule has 0 amide bonds. The van der Waals surface area contributed by atoms with Gasteiger partial charge in [0.15, 0.2) is 8.32 Å². The number of carbonyl (C=O) groups is 2. The maximum absolute atomic E-state index is 12.9. The molecule has 1 aromatic heterocycles. The van der Waals surface area contributed by atoms with Gasteiger partial charge in [0.1, 0.15) is 27.9 Å². The van der Waals surface area contributed by atoms with Gasteiger partial charge in [-0.1, -0.05) is 0 Å². The number of hydrogen-bond donors (Lipinski definition) is 0. The molecule has 0 aliphatic heterocycles. The van der Waals surface area contributed by atoms with Gasteiger partial charge < -0.3 is 18.3 Å². The second kappa shape index (κ2) is 13.0. The third-order valence-corrected chi connectivity index (χ3v) is 6.41. The summed E-state index contributed by atoms with van der Waals surface area (Å²) in [7, 11) is -2.10. The number of carbonyl (C=O) groups excluding carboxylic acids is 2. The van der Waals surface area contributed by atoms with E-state index in [9.17, 15) is 9.59 Å². The Balaban J connectivity index is 3.58. The van der Waals surface area contributed by atoms with Crippen LogP contribution in [-0.4, -0.2) is 50.4 Å². The van der Waals surface area contributed by atoms with E-state index in [0.717, 1.165) is 0 Å². The first-order chi connectivity index (χ1) is 14.2. The van der Waals surface area contributed by atoms with Crippen molar-refractivity contribution >= 4 is 48.2 Å². The molecule has 30 heavy (non-hydrogen) atoms. The van der Waals surface area contributed by atoms with Gasteiger partial charge in [-0.25, -0.2) is 9.79 Å². The molecule has 0 unspecified atom stereocenters. The van der Waals surface area contributed by atoms with Crippen molar-refractivity contribution in [3.63, 3.8) is 0 Å². The van der Waals surface area contributed by atoms with E-state index in [2.05, 4.69) is 4.99 Å². The first-order valence-electron chi connectivity index (χ1n) is 9.60. The van der Waals surface area contributed by atoms with Gasteiger partial charge in [-0.3, -0.25) is 4.79 Å². The number of nitrogens with zero attached hydrogens (tertiary/aromatic N) is 1. The second-order valence-corrected chi connectivity index (χ2v) is 13.3. The smallest absolute Gasteiger partial charge is 0.356 e. The van der Waals surface area contributed by atoms with Crippen molar-refractivity contribution in [3.05, 3.63) is 35.9 Å². The fourth-order valence-corrected chi connectivity index (χ4v) is 4.53. The zero-order valence-corrected chi connectivity index (χ0v) is 21.2. The van der Waals surface area contributed by atoms with Crippen LogP contribution >= 0.6 is 23.5 Å². The Morgan fingerprint density at radius 1 is 1.17 bits per heavy atom. The summed E-state index contributed by atoms with van der Waals surface area (Å²) in [5.41, 5.74) is 0.0318. The van der Waals surface area contributed by atoms with Crippen molar-refractivity contribution in [1.29, 1.82) is 0 Å². The standard InChI is InChI=1S/C20H31NO6S2Si/c1-8-24-18(22)14(17(27-30(5,6)7)16-11-10-12-26-16)13-15(19(23)25-9-2)21-20(28-3)29-4/h10-14,17H,8-9H2,1-7H3/b15-13-/t14-,17-/m0/s1. The van der Waals surface area contributed by atoms with Crippen molar-refractivity contribution in [3.8, 4) is 0 Å². The molecule has 0 spiro atoms. The molecule has 7 nitrogen and oxygen atoms in total. The minimum atomic E-state index is -2.10. The van der Waals surface area contributed by atoms with Crippen LogP contribution in [0.5, 0.6) is 0 Å². The molecule has 0 N–H and O–H groups in total. The van der Waals surface area contributed by atoms with Gasteiger partial charge in [-0.2, -0.15) is 0 Å². The monoisotopic (exact) mass is 473 g/mol. The molecular formula is C20H31NO6S2Si. The zero-order valence-electron chi connectivity index (χ0n) is 18.6. The van der Waals surface area contributed by atoms with Gasteiger partial charge >= 0.3 is 11.9 Å². The predicted octanol–water partition coefficient (Wildman–Crippen LogP) is 4.88. The van der Waals surface area contributed by atoms with Crippen LogP contribution in [0.1, 0.15) is 25.7 Å². The van der Waals surface area contributed by atoms with E-state index in [-0.39, 0.29) is 18.9 Å². The highest BCUT2D eigenvalue weighted by atomic mass is 32.2. The van der Waals surface area contributed by atoms with Gasteiger partial charge in [0.2, 0.25) is 0 Å². The van der Waals surface area contributed by atoms with Gasteiger partial charge in [0.05, 0.1) is 19.5 Å². The van der Waals surface area contributed by atoms with Crippen molar-refractivity contribution in [2.45, 2.75) is 39.6 Å². The Bertz CT molecular complexity index is 737. The molecule has 2 atom stereocenters. The van der Waals surface area contributed by atoms with Crippen LogP contribution in [0.3, 0.4) is 0 Å². The van der Waals surface area contributed by atoms with Crippen molar-refractivity contribution in [2.24, 2.45) is 10.9 Å². The average Bonchev–Trinajstić information content (AvgIpc) is 3.21. The lowest BCUT2D eigenvalue weighted by Crippen LogP contribution is -2.34. The van der Waals surface area contributed by atoms with Crippen molar-refractivity contribution < 1.29 is 27.9 Å². The number of rotatable bonds is 10. The zero-order chi connectivity index (χ0) is 22.7. The van der Waals surface area contributed by atoms with E-state index < -0.39 is 32.3 Å². The van der Waals surface area contributed by atoms with Crippen LogP contribution in [0.2, 0.25) is 19.6 Å². The summed E-state index contributed by atoms with van der Waals surface area (Å²) in [4.78, 5) is 29.9. The number of esters is 2. The molecular weight excluding hydrogens is 442 g/mol. The molecule has 0 radical (unpaired) electrons. The summed E-state index contributed by atoms with van der Waals surface area (Å²) in [5, 5.41) is 0. The van der Waals surface area contributed by atoms with E-state index in [1.165, 1.54) is 35.9 Å². The van der Waals surface area contributed by atoms with Crippen molar-refractivity contribution in [2.75, 3.05) is 25.7 Å². The Labute approximate surface area is 188 Å². The van der Waals surface area contributed by atoms with Crippen LogP contribution in [0.15, 0.2) is 39.6 Å². The third-order valence-electron chi connectivity index (χ3n) is 3.57. The third kappa shape index (κ3) is 8.71. The molecule has 0 aliphatic rings. The molecule has 1 rings (SSSR count). The van der Waals surface area contributed by atoms with E-state index in [0.29, 0.717) is 10.1 Å². The Morgan fingerprint density at radius 3 is 2.27 bits per heavy atom. The minimum Gasteiger partial charge on any atom is -0.467 e. The average molecular weight is 474 g/mol. The van der Waals surface area contributed by atoms with Crippen LogP contribution < -0.4 is 0 Å². The molecule has 1 aromatic rings. The number of ether oxygens (including phenoxy) is 2. The number of thioether (sulfide) groups is 2. The van der Waals surface area contributed by atoms with Gasteiger partial charge in [-0.05, 0) is 64.2 Å². The summed E-state index contributed by atoms with van der Waals surface area (Å²) in [5.74, 6) is -1.59. The highest BCUT2D eigenvalue weighted by molar-refractivity contribution is 8.38. The molecule has 0 bridgehead atoms. The molecule has 0 saturated carbocycles. The fourth-order valence-electron chi connectivity index (χ4n) is 2.46. The van der Waals surface area contributed by atoms with Gasteiger partial charge in [0, 0.05) is 0 Å². The largest absolute Gasteiger partial charge is 0.467 e. The van der Waals surface area contributed by atoms with Crippen LogP contribution in [0, 0.1) is 5.92 Å². The Hall–Kier alpha value is -1.49. The summed E-state index contributed by atoms with van der Waals surface area (Å²) in [6, 6.07) is 3.47. The first-order valence-corrected chi connectivity index (χ1v) is 15.5. The number of aliphatic imine (C=N–C) groups is 1. The fraction of sp³-hybridized carbons (Fsp3) is 0.550.